The Labute approximate surface area is 192 Å². The number of aliphatic hydroxyl groups excluding tert-OH is 1. The number of aliphatic carboxylic acids is 1. The standard InChI is InChI=1S/C25H28O8/c1-16(26)22-12-21(11-18-6-9-30-23(18)22)32-15-19(27)14-31-20-5-2-4-17(10-20)13-25(24(28)29)7-3-8-33-25/h2,4-5,10-12,19,27H,3,6-9,13-15H2,1H3,(H,28,29). The van der Waals surface area contributed by atoms with Crippen molar-refractivity contribution in [1.29, 1.82) is 0 Å². The number of fused-ring (bicyclic) bond motifs is 1. The molecule has 1 fully saturated rings. The molecule has 2 unspecified atom stereocenters. The van der Waals surface area contributed by atoms with Crippen LogP contribution in [0.3, 0.4) is 0 Å². The van der Waals surface area contributed by atoms with E-state index in [0.29, 0.717) is 48.9 Å². The van der Waals surface area contributed by atoms with Gasteiger partial charge in [-0.2, -0.15) is 0 Å². The number of rotatable bonds is 10. The van der Waals surface area contributed by atoms with Crippen molar-refractivity contribution < 1.29 is 38.7 Å². The first kappa shape index (κ1) is 23.1. The molecule has 0 aromatic heterocycles. The van der Waals surface area contributed by atoms with Crippen molar-refractivity contribution in [2.24, 2.45) is 0 Å². The molecule has 0 spiro atoms. The molecule has 2 heterocycles. The summed E-state index contributed by atoms with van der Waals surface area (Å²) in [5.41, 5.74) is 1.00. The third-order valence-corrected chi connectivity index (χ3v) is 5.90. The Morgan fingerprint density at radius 1 is 1.12 bits per heavy atom. The molecule has 2 aliphatic heterocycles. The minimum atomic E-state index is -1.19. The van der Waals surface area contributed by atoms with Crippen LogP contribution < -0.4 is 14.2 Å². The number of hydrogen-bond acceptors (Lipinski definition) is 7. The summed E-state index contributed by atoms with van der Waals surface area (Å²) in [4.78, 5) is 23.6. The number of carboxylic acids is 1. The number of Topliss-reactive ketones (excluding diaryl/α,β-unsaturated/α-hetero) is 1. The van der Waals surface area contributed by atoms with Crippen LogP contribution >= 0.6 is 0 Å². The van der Waals surface area contributed by atoms with E-state index in [9.17, 15) is 19.8 Å². The second-order valence-corrected chi connectivity index (χ2v) is 8.47. The molecule has 4 rings (SSSR count). The minimum absolute atomic E-state index is 0.00234. The predicted octanol–water partition coefficient (Wildman–Crippen LogP) is 2.82. The van der Waals surface area contributed by atoms with Crippen LogP contribution in [0.15, 0.2) is 36.4 Å². The topological polar surface area (TPSA) is 112 Å². The first-order valence-corrected chi connectivity index (χ1v) is 11.1. The number of carboxylic acid groups (broad SMARTS) is 1. The van der Waals surface area contributed by atoms with Gasteiger partial charge in [0.1, 0.15) is 36.6 Å². The van der Waals surface area contributed by atoms with Crippen LogP contribution in [0.4, 0.5) is 0 Å². The smallest absolute Gasteiger partial charge is 0.336 e. The normalized spacial score (nSPS) is 20.1. The van der Waals surface area contributed by atoms with Gasteiger partial charge < -0.3 is 29.2 Å². The average molecular weight is 456 g/mol. The molecule has 8 nitrogen and oxygen atoms in total. The number of hydrogen-bond donors (Lipinski definition) is 2. The van der Waals surface area contributed by atoms with E-state index in [1.807, 2.05) is 12.1 Å². The predicted molar refractivity (Wildman–Crippen MR) is 118 cm³/mol. The van der Waals surface area contributed by atoms with E-state index in [-0.39, 0.29) is 25.4 Å². The molecule has 8 heteroatoms. The van der Waals surface area contributed by atoms with Crippen LogP contribution in [0.5, 0.6) is 17.2 Å². The van der Waals surface area contributed by atoms with E-state index in [1.165, 1.54) is 6.92 Å². The average Bonchev–Trinajstić information content (AvgIpc) is 3.46. The van der Waals surface area contributed by atoms with Crippen molar-refractivity contribution >= 4 is 11.8 Å². The van der Waals surface area contributed by atoms with Gasteiger partial charge in [-0.1, -0.05) is 12.1 Å². The van der Waals surface area contributed by atoms with E-state index in [2.05, 4.69) is 0 Å². The summed E-state index contributed by atoms with van der Waals surface area (Å²) < 4.78 is 22.5. The molecule has 2 aliphatic rings. The first-order valence-electron chi connectivity index (χ1n) is 11.1. The number of ether oxygens (including phenoxy) is 4. The number of carbonyl (C=O) groups is 2. The highest BCUT2D eigenvalue weighted by Crippen LogP contribution is 2.34. The molecule has 0 bridgehead atoms. The van der Waals surface area contributed by atoms with Gasteiger partial charge in [0.25, 0.3) is 0 Å². The fourth-order valence-corrected chi connectivity index (χ4v) is 4.21. The van der Waals surface area contributed by atoms with Gasteiger partial charge >= 0.3 is 5.97 Å². The Kier molecular flexibility index (Phi) is 6.85. The number of ketones is 1. The fourth-order valence-electron chi connectivity index (χ4n) is 4.21. The van der Waals surface area contributed by atoms with Crippen LogP contribution in [0.1, 0.15) is 41.3 Å². The van der Waals surface area contributed by atoms with Crippen molar-refractivity contribution in [2.75, 3.05) is 26.4 Å². The zero-order valence-electron chi connectivity index (χ0n) is 18.5. The Balaban J connectivity index is 1.32. The van der Waals surface area contributed by atoms with Crippen LogP contribution in [0.25, 0.3) is 0 Å². The molecule has 2 atom stereocenters. The second-order valence-electron chi connectivity index (χ2n) is 8.47. The van der Waals surface area contributed by atoms with Crippen LogP contribution in [0, 0.1) is 0 Å². The summed E-state index contributed by atoms with van der Waals surface area (Å²) in [5.74, 6) is 0.589. The molecule has 176 valence electrons. The molecule has 33 heavy (non-hydrogen) atoms. The second kappa shape index (κ2) is 9.80. The highest BCUT2D eigenvalue weighted by Gasteiger charge is 2.42. The summed E-state index contributed by atoms with van der Waals surface area (Å²) in [7, 11) is 0. The molecule has 0 radical (unpaired) electrons. The van der Waals surface area contributed by atoms with E-state index in [1.54, 1.807) is 24.3 Å². The van der Waals surface area contributed by atoms with Crippen LogP contribution in [0.2, 0.25) is 0 Å². The first-order chi connectivity index (χ1) is 15.9. The zero-order valence-corrected chi connectivity index (χ0v) is 18.5. The number of carbonyl (C=O) groups excluding carboxylic acids is 1. The highest BCUT2D eigenvalue weighted by molar-refractivity contribution is 5.98. The third kappa shape index (κ3) is 5.29. The van der Waals surface area contributed by atoms with Crippen molar-refractivity contribution in [3.63, 3.8) is 0 Å². The molecule has 0 aliphatic carbocycles. The van der Waals surface area contributed by atoms with Gasteiger partial charge in [-0.3, -0.25) is 4.79 Å². The molecule has 1 saturated heterocycles. The molecule has 2 N–H and O–H groups in total. The summed E-state index contributed by atoms with van der Waals surface area (Å²) in [6.45, 7) is 2.45. The molecule has 0 saturated carbocycles. The lowest BCUT2D eigenvalue weighted by atomic mass is 9.91. The lowest BCUT2D eigenvalue weighted by Crippen LogP contribution is -2.40. The third-order valence-electron chi connectivity index (χ3n) is 5.90. The molecule has 0 amide bonds. The summed E-state index contributed by atoms with van der Waals surface area (Å²) in [5, 5.41) is 19.9. The lowest BCUT2D eigenvalue weighted by molar-refractivity contribution is -0.159. The monoisotopic (exact) mass is 456 g/mol. The van der Waals surface area contributed by atoms with E-state index < -0.39 is 17.7 Å². The van der Waals surface area contributed by atoms with E-state index in [4.69, 9.17) is 18.9 Å². The Hall–Kier alpha value is -3.10. The Morgan fingerprint density at radius 3 is 2.61 bits per heavy atom. The summed E-state index contributed by atoms with van der Waals surface area (Å²) >= 11 is 0. The van der Waals surface area contributed by atoms with Crippen LogP contribution in [-0.2, 0) is 22.4 Å². The maximum absolute atomic E-state index is 11.9. The molecule has 2 aromatic carbocycles. The van der Waals surface area contributed by atoms with Crippen molar-refractivity contribution in [3.05, 3.63) is 53.1 Å². The van der Waals surface area contributed by atoms with Gasteiger partial charge in [-0.05, 0) is 49.6 Å². The molecular weight excluding hydrogens is 428 g/mol. The highest BCUT2D eigenvalue weighted by atomic mass is 16.5. The van der Waals surface area contributed by atoms with Crippen molar-refractivity contribution in [3.8, 4) is 17.2 Å². The number of benzene rings is 2. The Morgan fingerprint density at radius 2 is 1.91 bits per heavy atom. The largest absolute Gasteiger partial charge is 0.492 e. The quantitative estimate of drug-likeness (QED) is 0.525. The summed E-state index contributed by atoms with van der Waals surface area (Å²) in [6, 6.07) is 10.6. The summed E-state index contributed by atoms with van der Waals surface area (Å²) in [6.07, 6.45) is 1.26. The Bertz CT molecular complexity index is 1030. The minimum Gasteiger partial charge on any atom is -0.492 e. The van der Waals surface area contributed by atoms with Gasteiger partial charge in [0.15, 0.2) is 11.4 Å². The van der Waals surface area contributed by atoms with E-state index in [0.717, 1.165) is 17.5 Å². The molecular formula is C25H28O8. The number of aliphatic hydroxyl groups is 1. The maximum atomic E-state index is 11.9. The lowest BCUT2D eigenvalue weighted by Gasteiger charge is -2.23. The van der Waals surface area contributed by atoms with Gasteiger partial charge in [0, 0.05) is 25.0 Å². The van der Waals surface area contributed by atoms with Crippen molar-refractivity contribution in [2.45, 2.75) is 44.3 Å². The van der Waals surface area contributed by atoms with E-state index >= 15 is 0 Å². The fraction of sp³-hybridized carbons (Fsp3) is 0.440. The van der Waals surface area contributed by atoms with Gasteiger partial charge in [-0.15, -0.1) is 0 Å². The van der Waals surface area contributed by atoms with Gasteiger partial charge in [0.05, 0.1) is 12.2 Å². The maximum Gasteiger partial charge on any atom is 0.336 e. The van der Waals surface area contributed by atoms with Gasteiger partial charge in [-0.25, -0.2) is 4.79 Å². The van der Waals surface area contributed by atoms with Crippen molar-refractivity contribution in [1.82, 2.24) is 0 Å². The van der Waals surface area contributed by atoms with Gasteiger partial charge in [0.2, 0.25) is 0 Å². The zero-order chi connectivity index (χ0) is 23.4. The van der Waals surface area contributed by atoms with Crippen LogP contribution in [-0.4, -0.2) is 60.1 Å². The molecule has 2 aromatic rings. The SMILES string of the molecule is CC(=O)c1cc(OCC(O)COc2cccc(CC3(C(=O)O)CCCO3)c2)cc2c1OCC2.